The Morgan fingerprint density at radius 3 is 2.47 bits per heavy atom. The van der Waals surface area contributed by atoms with Gasteiger partial charge in [-0.3, -0.25) is 4.79 Å². The molecule has 0 aliphatic carbocycles. The van der Waals surface area contributed by atoms with Gasteiger partial charge in [-0.15, -0.1) is 0 Å². The van der Waals surface area contributed by atoms with Crippen LogP contribution in [0.4, 0.5) is 5.82 Å². The van der Waals surface area contributed by atoms with E-state index in [0.717, 1.165) is 16.9 Å². The molecule has 0 bridgehead atoms. The maximum Gasteiger partial charge on any atom is 0.276 e. The van der Waals surface area contributed by atoms with E-state index < -0.39 is 0 Å². The molecule has 1 aliphatic heterocycles. The van der Waals surface area contributed by atoms with Gasteiger partial charge in [-0.2, -0.15) is 4.98 Å². The Morgan fingerprint density at radius 1 is 0.969 bits per heavy atom. The molecule has 32 heavy (non-hydrogen) atoms. The lowest BCUT2D eigenvalue weighted by atomic mass is 10.1. The van der Waals surface area contributed by atoms with Crippen molar-refractivity contribution in [3.63, 3.8) is 0 Å². The smallest absolute Gasteiger partial charge is 0.276 e. The number of amides is 1. The van der Waals surface area contributed by atoms with Gasteiger partial charge in [0.1, 0.15) is 5.82 Å². The highest BCUT2D eigenvalue weighted by Crippen LogP contribution is 2.22. The van der Waals surface area contributed by atoms with E-state index in [1.54, 1.807) is 17.2 Å². The van der Waals surface area contributed by atoms with Crippen LogP contribution in [0.2, 0.25) is 0 Å². The zero-order valence-corrected chi connectivity index (χ0v) is 17.6. The fraction of sp³-hybridized carbons (Fsp3) is 0.261. The second-order valence-electron chi connectivity index (χ2n) is 7.49. The van der Waals surface area contributed by atoms with Crippen molar-refractivity contribution >= 4 is 11.7 Å². The third-order valence-corrected chi connectivity index (χ3v) is 5.46. The standard InChI is InChI=1S/C23H22N6O3/c1-2-21-25-22(27-32-21)17-8-9-20(24-15-17)28-10-12-29(13-11-28)23(30)18-14-19(31-26-18)16-6-4-3-5-7-16/h3-9,14-15H,2,10-13H2,1H3. The van der Waals surface area contributed by atoms with Gasteiger partial charge in [-0.1, -0.05) is 47.6 Å². The Bertz CT molecular complexity index is 1190. The van der Waals surface area contributed by atoms with Crippen molar-refractivity contribution in [3.8, 4) is 22.7 Å². The molecule has 1 saturated heterocycles. The molecule has 1 aromatic carbocycles. The van der Waals surface area contributed by atoms with Crippen LogP contribution < -0.4 is 4.90 Å². The number of hydrogen-bond donors (Lipinski definition) is 0. The number of carbonyl (C=O) groups is 1. The van der Waals surface area contributed by atoms with Gasteiger partial charge < -0.3 is 18.8 Å². The molecule has 4 heterocycles. The number of rotatable bonds is 5. The van der Waals surface area contributed by atoms with Crippen molar-refractivity contribution in [2.24, 2.45) is 0 Å². The summed E-state index contributed by atoms with van der Waals surface area (Å²) in [7, 11) is 0. The lowest BCUT2D eigenvalue weighted by Gasteiger charge is -2.35. The molecule has 5 rings (SSSR count). The van der Waals surface area contributed by atoms with Crippen molar-refractivity contribution in [2.75, 3.05) is 31.1 Å². The molecular weight excluding hydrogens is 408 g/mol. The van der Waals surface area contributed by atoms with Crippen LogP contribution >= 0.6 is 0 Å². The predicted octanol–water partition coefficient (Wildman–Crippen LogP) is 3.31. The Hall–Kier alpha value is -4.01. The van der Waals surface area contributed by atoms with Crippen molar-refractivity contribution < 1.29 is 13.8 Å². The highest BCUT2D eigenvalue weighted by Gasteiger charge is 2.25. The molecule has 4 aromatic rings. The molecule has 162 valence electrons. The SMILES string of the molecule is CCc1nc(-c2ccc(N3CCN(C(=O)c4cc(-c5ccccc5)on4)CC3)nc2)no1. The molecule has 0 atom stereocenters. The number of anilines is 1. The maximum absolute atomic E-state index is 12.9. The highest BCUT2D eigenvalue weighted by molar-refractivity contribution is 5.93. The summed E-state index contributed by atoms with van der Waals surface area (Å²) < 4.78 is 10.5. The number of pyridine rings is 1. The molecule has 0 saturated carbocycles. The van der Waals surface area contributed by atoms with E-state index in [2.05, 4.69) is 25.2 Å². The average molecular weight is 430 g/mol. The van der Waals surface area contributed by atoms with Crippen molar-refractivity contribution in [3.05, 3.63) is 66.3 Å². The van der Waals surface area contributed by atoms with Gasteiger partial charge in [0.2, 0.25) is 11.7 Å². The van der Waals surface area contributed by atoms with E-state index in [-0.39, 0.29) is 5.91 Å². The molecule has 1 aliphatic rings. The van der Waals surface area contributed by atoms with E-state index in [9.17, 15) is 4.79 Å². The maximum atomic E-state index is 12.9. The first-order chi connectivity index (χ1) is 15.7. The summed E-state index contributed by atoms with van der Waals surface area (Å²) in [4.78, 5) is 25.7. The summed E-state index contributed by atoms with van der Waals surface area (Å²) in [5, 5.41) is 7.96. The van der Waals surface area contributed by atoms with Crippen LogP contribution in [0.5, 0.6) is 0 Å². The summed E-state index contributed by atoms with van der Waals surface area (Å²) in [6.45, 7) is 4.50. The zero-order chi connectivity index (χ0) is 21.9. The van der Waals surface area contributed by atoms with Gasteiger partial charge >= 0.3 is 0 Å². The van der Waals surface area contributed by atoms with Gasteiger partial charge in [-0.05, 0) is 12.1 Å². The van der Waals surface area contributed by atoms with Gasteiger partial charge in [0.15, 0.2) is 11.5 Å². The van der Waals surface area contributed by atoms with Crippen LogP contribution in [0.1, 0.15) is 23.3 Å². The van der Waals surface area contributed by atoms with Crippen LogP contribution in [0.15, 0.2) is 63.8 Å². The minimum absolute atomic E-state index is 0.122. The first-order valence-electron chi connectivity index (χ1n) is 10.6. The van der Waals surface area contributed by atoms with E-state index in [1.807, 2.05) is 49.4 Å². The number of aromatic nitrogens is 4. The molecule has 0 spiro atoms. The number of piperazine rings is 1. The topological polar surface area (TPSA) is 101 Å². The van der Waals surface area contributed by atoms with Gasteiger partial charge in [0, 0.05) is 56.0 Å². The molecular formula is C23H22N6O3. The first kappa shape index (κ1) is 19.9. The minimum Gasteiger partial charge on any atom is -0.355 e. The number of nitrogens with zero attached hydrogens (tertiary/aromatic N) is 6. The van der Waals surface area contributed by atoms with Gasteiger partial charge in [0.25, 0.3) is 5.91 Å². The molecule has 9 nitrogen and oxygen atoms in total. The number of carbonyl (C=O) groups excluding carboxylic acids is 1. The monoisotopic (exact) mass is 430 g/mol. The fourth-order valence-corrected chi connectivity index (χ4v) is 3.64. The predicted molar refractivity (Wildman–Crippen MR) is 117 cm³/mol. The number of aryl methyl sites for hydroxylation is 1. The van der Waals surface area contributed by atoms with Gasteiger partial charge in [-0.25, -0.2) is 4.98 Å². The Balaban J connectivity index is 1.20. The summed E-state index contributed by atoms with van der Waals surface area (Å²) in [5.41, 5.74) is 2.03. The van der Waals surface area contributed by atoms with E-state index in [4.69, 9.17) is 9.05 Å². The first-order valence-corrected chi connectivity index (χ1v) is 10.6. The second-order valence-corrected chi connectivity index (χ2v) is 7.49. The Morgan fingerprint density at radius 2 is 1.78 bits per heavy atom. The minimum atomic E-state index is -0.122. The third-order valence-electron chi connectivity index (χ3n) is 5.46. The molecule has 0 N–H and O–H groups in total. The lowest BCUT2D eigenvalue weighted by molar-refractivity contribution is 0.0736. The largest absolute Gasteiger partial charge is 0.355 e. The Kier molecular flexibility index (Phi) is 5.37. The summed E-state index contributed by atoms with van der Waals surface area (Å²) in [5.74, 6) is 2.46. The number of benzene rings is 1. The third kappa shape index (κ3) is 3.96. The summed E-state index contributed by atoms with van der Waals surface area (Å²) in [6.07, 6.45) is 2.45. The highest BCUT2D eigenvalue weighted by atomic mass is 16.5. The van der Waals surface area contributed by atoms with Crippen molar-refractivity contribution in [2.45, 2.75) is 13.3 Å². The van der Waals surface area contributed by atoms with Crippen molar-refractivity contribution in [1.29, 1.82) is 0 Å². The summed E-state index contributed by atoms with van der Waals surface area (Å²) in [6, 6.07) is 15.2. The second kappa shape index (κ2) is 8.62. The quantitative estimate of drug-likeness (QED) is 0.475. The van der Waals surface area contributed by atoms with Crippen LogP contribution in [0.3, 0.4) is 0 Å². The Labute approximate surface area is 184 Å². The average Bonchev–Trinajstić information content (AvgIpc) is 3.55. The molecule has 9 heteroatoms. The fourth-order valence-electron chi connectivity index (χ4n) is 3.64. The van der Waals surface area contributed by atoms with Crippen molar-refractivity contribution in [1.82, 2.24) is 25.2 Å². The molecule has 1 amide bonds. The zero-order valence-electron chi connectivity index (χ0n) is 17.6. The van der Waals surface area contributed by atoms with Crippen LogP contribution in [-0.2, 0) is 6.42 Å². The normalized spacial score (nSPS) is 14.0. The molecule has 0 radical (unpaired) electrons. The molecule has 0 unspecified atom stereocenters. The molecule has 1 fully saturated rings. The van der Waals surface area contributed by atoms with E-state index >= 15 is 0 Å². The van der Waals surface area contributed by atoms with Crippen LogP contribution in [-0.4, -0.2) is 57.3 Å². The number of hydrogen-bond acceptors (Lipinski definition) is 8. The molecule has 3 aromatic heterocycles. The van der Waals surface area contributed by atoms with E-state index in [0.29, 0.717) is 55.8 Å². The van der Waals surface area contributed by atoms with Crippen LogP contribution in [0.25, 0.3) is 22.7 Å². The van der Waals surface area contributed by atoms with Crippen LogP contribution in [0, 0.1) is 0 Å². The van der Waals surface area contributed by atoms with Gasteiger partial charge in [0.05, 0.1) is 0 Å². The van der Waals surface area contributed by atoms with E-state index in [1.165, 1.54) is 0 Å². The summed E-state index contributed by atoms with van der Waals surface area (Å²) >= 11 is 0. The lowest BCUT2D eigenvalue weighted by Crippen LogP contribution is -2.49.